The smallest absolute Gasteiger partial charge is 0.306 e. The minimum atomic E-state index is -0.843. The van der Waals surface area contributed by atoms with Gasteiger partial charge in [-0.3, -0.25) is 9.59 Å². The molecule has 0 unspecified atom stereocenters. The fourth-order valence-corrected chi connectivity index (χ4v) is 2.71. The number of amides is 1. The molecule has 26 heavy (non-hydrogen) atoms. The van der Waals surface area contributed by atoms with Crippen LogP contribution in [0.2, 0.25) is 0 Å². The lowest BCUT2D eigenvalue weighted by molar-refractivity contribution is -0.153. The third-order valence-electron chi connectivity index (χ3n) is 4.16. The molecule has 0 spiro atoms. The normalized spacial score (nSPS) is 11.7. The van der Waals surface area contributed by atoms with Crippen molar-refractivity contribution in [3.8, 4) is 0 Å². The van der Waals surface area contributed by atoms with Gasteiger partial charge < -0.3 is 10.1 Å². The Morgan fingerprint density at radius 3 is 2.38 bits per heavy atom. The van der Waals surface area contributed by atoms with Gasteiger partial charge >= 0.3 is 5.97 Å². The number of aryl methyl sites for hydroxylation is 1. The zero-order valence-electron chi connectivity index (χ0n) is 14.6. The van der Waals surface area contributed by atoms with Crippen LogP contribution in [0.1, 0.15) is 18.9 Å². The summed E-state index contributed by atoms with van der Waals surface area (Å²) in [6.45, 7) is 1.58. The molecule has 0 bridgehead atoms. The number of carbonyl (C=O) groups excluding carboxylic acids is 2. The molecule has 0 saturated heterocycles. The van der Waals surface area contributed by atoms with Crippen LogP contribution in [0.25, 0.3) is 10.8 Å². The van der Waals surface area contributed by atoms with E-state index in [0.717, 1.165) is 16.3 Å². The van der Waals surface area contributed by atoms with E-state index in [-0.39, 0.29) is 18.3 Å². The minimum absolute atomic E-state index is 0.248. The number of hydrogen-bond donors (Lipinski definition) is 1. The molecule has 0 aliphatic heterocycles. The summed E-state index contributed by atoms with van der Waals surface area (Å²) in [5.74, 6) is -0.719. The van der Waals surface area contributed by atoms with Gasteiger partial charge in [-0.1, -0.05) is 60.7 Å². The van der Waals surface area contributed by atoms with Crippen molar-refractivity contribution >= 4 is 28.3 Å². The first kappa shape index (κ1) is 17.7. The summed E-state index contributed by atoms with van der Waals surface area (Å²) in [7, 11) is 0. The summed E-state index contributed by atoms with van der Waals surface area (Å²) in [5, 5.41) is 4.94. The number of benzene rings is 3. The molecule has 132 valence electrons. The van der Waals surface area contributed by atoms with E-state index in [1.807, 2.05) is 72.8 Å². The fourth-order valence-electron chi connectivity index (χ4n) is 2.71. The predicted molar refractivity (Wildman–Crippen MR) is 103 cm³/mol. The Kier molecular flexibility index (Phi) is 5.64. The van der Waals surface area contributed by atoms with Gasteiger partial charge in [-0.15, -0.1) is 0 Å². The summed E-state index contributed by atoms with van der Waals surface area (Å²) in [6, 6.07) is 23.3. The topological polar surface area (TPSA) is 55.4 Å². The van der Waals surface area contributed by atoms with Crippen molar-refractivity contribution in [2.24, 2.45) is 0 Å². The van der Waals surface area contributed by atoms with Crippen molar-refractivity contribution in [3.05, 3.63) is 78.4 Å². The lowest BCUT2D eigenvalue weighted by Crippen LogP contribution is -2.30. The molecule has 4 nitrogen and oxygen atoms in total. The molecule has 0 heterocycles. The SMILES string of the molecule is C[C@@H](OC(=O)CCc1ccccc1)C(=O)Nc1ccc2ccccc2c1. The number of nitrogens with one attached hydrogen (secondary N) is 1. The van der Waals surface area contributed by atoms with E-state index >= 15 is 0 Å². The summed E-state index contributed by atoms with van der Waals surface area (Å²) < 4.78 is 5.24. The van der Waals surface area contributed by atoms with E-state index in [1.165, 1.54) is 0 Å². The van der Waals surface area contributed by atoms with E-state index in [4.69, 9.17) is 4.74 Å². The molecular weight excluding hydrogens is 326 g/mol. The van der Waals surface area contributed by atoms with Gasteiger partial charge in [0.05, 0.1) is 0 Å². The van der Waals surface area contributed by atoms with Crippen LogP contribution in [-0.2, 0) is 20.7 Å². The number of ether oxygens (including phenoxy) is 1. The van der Waals surface area contributed by atoms with Gasteiger partial charge in [0, 0.05) is 12.1 Å². The zero-order chi connectivity index (χ0) is 18.4. The Morgan fingerprint density at radius 2 is 1.62 bits per heavy atom. The summed E-state index contributed by atoms with van der Waals surface area (Å²) in [6.07, 6.45) is 0.000717. The van der Waals surface area contributed by atoms with Crippen LogP contribution in [0, 0.1) is 0 Å². The van der Waals surface area contributed by atoms with E-state index < -0.39 is 6.10 Å². The molecule has 0 radical (unpaired) electrons. The molecule has 0 fully saturated rings. The molecule has 0 aliphatic carbocycles. The van der Waals surface area contributed by atoms with Crippen LogP contribution in [0.3, 0.4) is 0 Å². The second kappa shape index (κ2) is 8.30. The largest absolute Gasteiger partial charge is 0.453 e. The van der Waals surface area contributed by atoms with Gasteiger partial charge in [-0.25, -0.2) is 0 Å². The molecule has 3 aromatic rings. The first-order chi connectivity index (χ1) is 12.6. The van der Waals surface area contributed by atoms with Gasteiger partial charge in [0.25, 0.3) is 5.91 Å². The first-order valence-electron chi connectivity index (χ1n) is 8.65. The van der Waals surface area contributed by atoms with Gasteiger partial charge in [0.15, 0.2) is 6.10 Å². The number of hydrogen-bond acceptors (Lipinski definition) is 3. The summed E-state index contributed by atoms with van der Waals surface area (Å²) >= 11 is 0. The quantitative estimate of drug-likeness (QED) is 0.675. The summed E-state index contributed by atoms with van der Waals surface area (Å²) in [5.41, 5.74) is 1.75. The number of rotatable bonds is 6. The Hall–Kier alpha value is -3.14. The fraction of sp³-hybridized carbons (Fsp3) is 0.182. The van der Waals surface area contributed by atoms with Crippen LogP contribution in [0.5, 0.6) is 0 Å². The van der Waals surface area contributed by atoms with Crippen LogP contribution < -0.4 is 5.32 Å². The molecular formula is C22H21NO3. The molecule has 3 rings (SSSR count). The highest BCUT2D eigenvalue weighted by Crippen LogP contribution is 2.19. The molecule has 1 atom stereocenters. The zero-order valence-corrected chi connectivity index (χ0v) is 14.6. The third kappa shape index (κ3) is 4.70. The molecule has 0 aromatic heterocycles. The first-order valence-corrected chi connectivity index (χ1v) is 8.65. The van der Waals surface area contributed by atoms with Crippen LogP contribution in [0.15, 0.2) is 72.8 Å². The van der Waals surface area contributed by atoms with E-state index in [0.29, 0.717) is 12.1 Å². The van der Waals surface area contributed by atoms with Gasteiger partial charge in [0.1, 0.15) is 0 Å². The van der Waals surface area contributed by atoms with Crippen molar-refractivity contribution in [1.82, 2.24) is 0 Å². The predicted octanol–water partition coefficient (Wildman–Crippen LogP) is 4.34. The molecule has 0 saturated carbocycles. The average molecular weight is 347 g/mol. The Labute approximate surface area is 152 Å². The Bertz CT molecular complexity index is 905. The lowest BCUT2D eigenvalue weighted by Gasteiger charge is -2.14. The number of carbonyl (C=O) groups is 2. The van der Waals surface area contributed by atoms with Gasteiger partial charge in [-0.2, -0.15) is 0 Å². The van der Waals surface area contributed by atoms with Crippen molar-refractivity contribution in [1.29, 1.82) is 0 Å². The maximum absolute atomic E-state index is 12.3. The highest BCUT2D eigenvalue weighted by molar-refractivity contribution is 5.97. The second-order valence-electron chi connectivity index (χ2n) is 6.17. The maximum Gasteiger partial charge on any atom is 0.306 e. The number of fused-ring (bicyclic) bond motifs is 1. The second-order valence-corrected chi connectivity index (χ2v) is 6.17. The van der Waals surface area contributed by atoms with E-state index in [1.54, 1.807) is 6.92 Å². The maximum atomic E-state index is 12.3. The molecule has 1 amide bonds. The highest BCUT2D eigenvalue weighted by atomic mass is 16.5. The van der Waals surface area contributed by atoms with E-state index in [9.17, 15) is 9.59 Å². The monoisotopic (exact) mass is 347 g/mol. The van der Waals surface area contributed by atoms with Crippen LogP contribution >= 0.6 is 0 Å². The lowest BCUT2D eigenvalue weighted by atomic mass is 10.1. The number of esters is 1. The Morgan fingerprint density at radius 1 is 0.923 bits per heavy atom. The number of anilines is 1. The molecule has 4 heteroatoms. The third-order valence-corrected chi connectivity index (χ3v) is 4.16. The Balaban J connectivity index is 1.52. The van der Waals surface area contributed by atoms with E-state index in [2.05, 4.69) is 5.32 Å². The highest BCUT2D eigenvalue weighted by Gasteiger charge is 2.18. The van der Waals surface area contributed by atoms with Gasteiger partial charge in [-0.05, 0) is 41.8 Å². The van der Waals surface area contributed by atoms with Crippen molar-refractivity contribution in [2.75, 3.05) is 5.32 Å². The van der Waals surface area contributed by atoms with Crippen molar-refractivity contribution in [2.45, 2.75) is 25.9 Å². The average Bonchev–Trinajstić information content (AvgIpc) is 2.67. The van der Waals surface area contributed by atoms with Crippen LogP contribution in [-0.4, -0.2) is 18.0 Å². The standard InChI is InChI=1S/C22H21NO3/c1-16(26-21(24)14-11-17-7-3-2-4-8-17)22(25)23-20-13-12-18-9-5-6-10-19(18)15-20/h2-10,12-13,15-16H,11,14H2,1H3,(H,23,25)/t16-/m1/s1. The minimum Gasteiger partial charge on any atom is -0.453 e. The van der Waals surface area contributed by atoms with Crippen molar-refractivity contribution in [3.63, 3.8) is 0 Å². The summed E-state index contributed by atoms with van der Waals surface area (Å²) in [4.78, 5) is 24.2. The van der Waals surface area contributed by atoms with Crippen LogP contribution in [0.4, 0.5) is 5.69 Å². The molecule has 3 aromatic carbocycles. The molecule has 1 N–H and O–H groups in total. The molecule has 0 aliphatic rings. The van der Waals surface area contributed by atoms with Gasteiger partial charge in [0.2, 0.25) is 0 Å². The van der Waals surface area contributed by atoms with Crippen molar-refractivity contribution < 1.29 is 14.3 Å².